The average molecular weight is 271 g/mol. The second-order valence-electron chi connectivity index (χ2n) is 4.36. The molecule has 1 rings (SSSR count). The van der Waals surface area contributed by atoms with E-state index >= 15 is 0 Å². The molecule has 18 heavy (non-hydrogen) atoms. The van der Waals surface area contributed by atoms with E-state index in [0.29, 0.717) is 5.56 Å². The minimum absolute atomic E-state index is 0.103. The molecule has 1 aromatic rings. The van der Waals surface area contributed by atoms with Crippen LogP contribution in [-0.4, -0.2) is 25.0 Å². The minimum Gasteiger partial charge on any atom is -0.480 e. The van der Waals surface area contributed by atoms with Crippen LogP contribution in [0.1, 0.15) is 25.8 Å². The van der Waals surface area contributed by atoms with Crippen LogP contribution in [0.15, 0.2) is 29.2 Å². The number of benzene rings is 1. The van der Waals surface area contributed by atoms with Crippen molar-refractivity contribution in [3.63, 3.8) is 0 Å². The van der Waals surface area contributed by atoms with E-state index in [0.717, 1.165) is 0 Å². The second-order valence-corrected chi connectivity index (χ2v) is 6.01. The normalized spacial score (nSPS) is 15.1. The van der Waals surface area contributed by atoms with Crippen LogP contribution in [0.2, 0.25) is 0 Å². The van der Waals surface area contributed by atoms with Crippen LogP contribution in [-0.2, 0) is 14.8 Å². The number of carbonyl (C=O) groups is 1. The number of rotatable bonds is 5. The number of nitrogens with one attached hydrogen (secondary N) is 1. The van der Waals surface area contributed by atoms with Crippen LogP contribution in [0.5, 0.6) is 0 Å². The van der Waals surface area contributed by atoms with Gasteiger partial charge in [-0.2, -0.15) is 4.72 Å². The van der Waals surface area contributed by atoms with E-state index in [1.807, 2.05) is 0 Å². The van der Waals surface area contributed by atoms with Crippen LogP contribution in [0.4, 0.5) is 0 Å². The third-order valence-corrected chi connectivity index (χ3v) is 4.68. The smallest absolute Gasteiger partial charge is 0.324 e. The lowest BCUT2D eigenvalue weighted by Gasteiger charge is -2.24. The highest BCUT2D eigenvalue weighted by Crippen LogP contribution is 2.18. The summed E-state index contributed by atoms with van der Waals surface area (Å²) in [6, 6.07) is 6.45. The van der Waals surface area contributed by atoms with E-state index in [2.05, 4.69) is 4.72 Å². The Morgan fingerprint density at radius 3 is 2.39 bits per heavy atom. The highest BCUT2D eigenvalue weighted by Gasteiger charge is 2.36. The molecule has 0 heterocycles. The van der Waals surface area contributed by atoms with Gasteiger partial charge >= 0.3 is 5.97 Å². The molecule has 1 unspecified atom stereocenters. The zero-order chi connectivity index (χ0) is 14.0. The summed E-state index contributed by atoms with van der Waals surface area (Å²) in [6.45, 7) is 4.64. The van der Waals surface area contributed by atoms with Crippen molar-refractivity contribution in [2.24, 2.45) is 0 Å². The van der Waals surface area contributed by atoms with E-state index in [-0.39, 0.29) is 11.3 Å². The summed E-state index contributed by atoms with van der Waals surface area (Å²) >= 11 is 0. The fraction of sp³-hybridized carbons (Fsp3) is 0.417. The highest BCUT2D eigenvalue weighted by molar-refractivity contribution is 7.89. The summed E-state index contributed by atoms with van der Waals surface area (Å²) in [5, 5.41) is 9.09. The van der Waals surface area contributed by atoms with E-state index in [9.17, 15) is 13.2 Å². The Kier molecular flexibility index (Phi) is 4.13. The summed E-state index contributed by atoms with van der Waals surface area (Å²) in [5.74, 6) is -1.19. The lowest BCUT2D eigenvalue weighted by Crippen LogP contribution is -2.51. The maximum absolute atomic E-state index is 12.2. The van der Waals surface area contributed by atoms with Gasteiger partial charge in [0.25, 0.3) is 0 Å². The zero-order valence-corrected chi connectivity index (χ0v) is 11.4. The van der Waals surface area contributed by atoms with Crippen molar-refractivity contribution in [2.75, 3.05) is 0 Å². The number of carboxylic acid groups (broad SMARTS) is 1. The Bertz CT molecular complexity index is 553. The molecular weight excluding hydrogens is 254 g/mol. The first-order chi connectivity index (χ1) is 8.23. The first-order valence-corrected chi connectivity index (χ1v) is 7.04. The maximum atomic E-state index is 12.2. The Labute approximate surface area is 107 Å². The van der Waals surface area contributed by atoms with Crippen LogP contribution in [0.3, 0.4) is 0 Å². The molecule has 0 amide bonds. The summed E-state index contributed by atoms with van der Waals surface area (Å²) in [7, 11) is -3.84. The number of aryl methyl sites for hydroxylation is 1. The SMILES string of the molecule is CCC(C)(NS(=O)(=O)c1ccccc1C)C(=O)O. The van der Waals surface area contributed by atoms with Crippen molar-refractivity contribution < 1.29 is 18.3 Å². The van der Waals surface area contributed by atoms with Gasteiger partial charge in [-0.3, -0.25) is 4.79 Å². The molecule has 1 atom stereocenters. The lowest BCUT2D eigenvalue weighted by molar-refractivity contribution is -0.143. The van der Waals surface area contributed by atoms with Crippen LogP contribution < -0.4 is 4.72 Å². The number of aliphatic carboxylic acids is 1. The van der Waals surface area contributed by atoms with E-state index in [4.69, 9.17) is 5.11 Å². The molecular formula is C12H17NO4S. The fourth-order valence-electron chi connectivity index (χ4n) is 1.48. The molecule has 2 N–H and O–H groups in total. The van der Waals surface area contributed by atoms with Gasteiger partial charge in [-0.05, 0) is 31.9 Å². The second kappa shape index (κ2) is 5.07. The number of sulfonamides is 1. The number of carboxylic acids is 1. The van der Waals surface area contributed by atoms with Gasteiger partial charge in [0.05, 0.1) is 4.90 Å². The molecule has 0 bridgehead atoms. The molecule has 1 aromatic carbocycles. The van der Waals surface area contributed by atoms with Gasteiger partial charge in [0.1, 0.15) is 5.54 Å². The van der Waals surface area contributed by atoms with Gasteiger partial charge in [0.2, 0.25) is 10.0 Å². The zero-order valence-electron chi connectivity index (χ0n) is 10.6. The third-order valence-electron chi connectivity index (χ3n) is 2.92. The molecule has 0 aliphatic rings. The first-order valence-electron chi connectivity index (χ1n) is 5.56. The molecule has 100 valence electrons. The van der Waals surface area contributed by atoms with E-state index in [1.165, 1.54) is 13.0 Å². The van der Waals surface area contributed by atoms with Crippen LogP contribution in [0.25, 0.3) is 0 Å². The number of hydrogen-bond acceptors (Lipinski definition) is 3. The summed E-state index contributed by atoms with van der Waals surface area (Å²) in [4.78, 5) is 11.2. The Morgan fingerprint density at radius 2 is 1.94 bits per heavy atom. The van der Waals surface area contributed by atoms with Gasteiger partial charge in [0.15, 0.2) is 0 Å². The molecule has 0 aliphatic carbocycles. The third kappa shape index (κ3) is 2.88. The standard InChI is InChI=1S/C12H17NO4S/c1-4-12(3,11(14)15)13-18(16,17)10-8-6-5-7-9(10)2/h5-8,13H,4H2,1-3H3,(H,14,15). The first kappa shape index (κ1) is 14.7. The van der Waals surface area contributed by atoms with Crippen molar-refractivity contribution in [3.8, 4) is 0 Å². The number of hydrogen-bond donors (Lipinski definition) is 2. The Morgan fingerprint density at radius 1 is 1.39 bits per heavy atom. The van der Waals surface area contributed by atoms with Crippen LogP contribution in [0, 0.1) is 6.92 Å². The van der Waals surface area contributed by atoms with Gasteiger partial charge in [0, 0.05) is 0 Å². The molecule has 0 radical (unpaired) electrons. The monoisotopic (exact) mass is 271 g/mol. The van der Waals surface area contributed by atoms with E-state index in [1.54, 1.807) is 32.0 Å². The molecule has 0 fully saturated rings. The molecule has 0 saturated carbocycles. The molecule has 6 heteroatoms. The Balaban J connectivity index is 3.18. The fourth-order valence-corrected chi connectivity index (χ4v) is 3.16. The van der Waals surface area contributed by atoms with Crippen molar-refractivity contribution in [1.82, 2.24) is 4.72 Å². The van der Waals surface area contributed by atoms with Gasteiger partial charge in [-0.25, -0.2) is 8.42 Å². The van der Waals surface area contributed by atoms with Crippen molar-refractivity contribution in [1.29, 1.82) is 0 Å². The molecule has 5 nitrogen and oxygen atoms in total. The highest BCUT2D eigenvalue weighted by atomic mass is 32.2. The van der Waals surface area contributed by atoms with Crippen LogP contribution >= 0.6 is 0 Å². The van der Waals surface area contributed by atoms with Gasteiger partial charge < -0.3 is 5.11 Å². The summed E-state index contributed by atoms with van der Waals surface area (Å²) < 4.78 is 26.6. The van der Waals surface area contributed by atoms with Crippen molar-refractivity contribution in [3.05, 3.63) is 29.8 Å². The maximum Gasteiger partial charge on any atom is 0.324 e. The molecule has 0 spiro atoms. The average Bonchev–Trinajstić information content (AvgIpc) is 2.28. The summed E-state index contributed by atoms with van der Waals surface area (Å²) in [6.07, 6.45) is 0.160. The Hall–Kier alpha value is -1.40. The molecule has 0 aromatic heterocycles. The quantitative estimate of drug-likeness (QED) is 0.850. The predicted octanol–water partition coefficient (Wildman–Crippen LogP) is 1.53. The van der Waals surface area contributed by atoms with Crippen molar-refractivity contribution in [2.45, 2.75) is 37.6 Å². The molecule has 0 aliphatic heterocycles. The van der Waals surface area contributed by atoms with Gasteiger partial charge in [-0.1, -0.05) is 25.1 Å². The topological polar surface area (TPSA) is 83.5 Å². The minimum atomic E-state index is -3.84. The van der Waals surface area contributed by atoms with Crippen molar-refractivity contribution >= 4 is 16.0 Å². The largest absolute Gasteiger partial charge is 0.480 e. The predicted molar refractivity (Wildman–Crippen MR) is 67.8 cm³/mol. The lowest BCUT2D eigenvalue weighted by atomic mass is 10.0. The summed E-state index contributed by atoms with van der Waals surface area (Å²) in [5.41, 5.74) is -0.921. The van der Waals surface area contributed by atoms with Gasteiger partial charge in [-0.15, -0.1) is 0 Å². The van der Waals surface area contributed by atoms with E-state index < -0.39 is 21.5 Å². The molecule has 0 saturated heterocycles.